The van der Waals surface area contributed by atoms with Crippen molar-refractivity contribution in [1.29, 1.82) is 0 Å². The molecule has 2 aliphatic heterocycles. The van der Waals surface area contributed by atoms with Crippen LogP contribution in [0.15, 0.2) is 24.3 Å². The van der Waals surface area contributed by atoms with Crippen molar-refractivity contribution in [2.45, 2.75) is 45.6 Å². The van der Waals surface area contributed by atoms with Crippen LogP contribution in [0.25, 0.3) is 0 Å². The van der Waals surface area contributed by atoms with Crippen molar-refractivity contribution in [2.24, 2.45) is 5.92 Å². The average Bonchev–Trinajstić information content (AvgIpc) is 2.94. The van der Waals surface area contributed by atoms with Crippen LogP contribution in [0, 0.1) is 11.7 Å². The van der Waals surface area contributed by atoms with E-state index < -0.39 is 5.82 Å². The molecule has 158 valence electrons. The molecule has 0 aliphatic carbocycles. The van der Waals surface area contributed by atoms with Gasteiger partial charge in [0.2, 0.25) is 11.8 Å². The summed E-state index contributed by atoms with van der Waals surface area (Å²) in [6.45, 7) is 6.43. The van der Waals surface area contributed by atoms with Crippen LogP contribution in [0.1, 0.15) is 49.9 Å². The van der Waals surface area contributed by atoms with Crippen molar-refractivity contribution in [1.82, 2.24) is 14.7 Å². The average molecular weight is 403 g/mol. The Labute approximate surface area is 171 Å². The van der Waals surface area contributed by atoms with Crippen molar-refractivity contribution in [3.8, 4) is 0 Å². The molecule has 0 saturated carbocycles. The first-order chi connectivity index (χ1) is 14.0. The van der Waals surface area contributed by atoms with E-state index in [9.17, 15) is 18.8 Å². The first-order valence-electron chi connectivity index (χ1n) is 10.6. The van der Waals surface area contributed by atoms with Gasteiger partial charge in [0.15, 0.2) is 0 Å². The van der Waals surface area contributed by atoms with Crippen molar-refractivity contribution < 1.29 is 18.8 Å². The highest BCUT2D eigenvalue weighted by Crippen LogP contribution is 2.25. The van der Waals surface area contributed by atoms with Gasteiger partial charge >= 0.3 is 0 Å². The number of amides is 3. The summed E-state index contributed by atoms with van der Waals surface area (Å²) in [4.78, 5) is 43.3. The SMILES string of the molecule is CCC(CC)N1CC(C(=O)N2CCCN(C(=O)c3ccccc3F)CC2)CC1=O. The fraction of sp³-hybridized carbons (Fsp3) is 0.591. The molecule has 1 aromatic carbocycles. The van der Waals surface area contributed by atoms with Crippen molar-refractivity contribution in [2.75, 3.05) is 32.7 Å². The van der Waals surface area contributed by atoms with E-state index in [4.69, 9.17) is 0 Å². The van der Waals surface area contributed by atoms with E-state index >= 15 is 0 Å². The molecule has 7 heteroatoms. The molecule has 1 unspecified atom stereocenters. The summed E-state index contributed by atoms with van der Waals surface area (Å²) in [5.41, 5.74) is 0.0643. The highest BCUT2D eigenvalue weighted by molar-refractivity contribution is 5.94. The van der Waals surface area contributed by atoms with Crippen LogP contribution >= 0.6 is 0 Å². The molecule has 0 aromatic heterocycles. The van der Waals surface area contributed by atoms with Crippen molar-refractivity contribution >= 4 is 17.7 Å². The van der Waals surface area contributed by atoms with Gasteiger partial charge in [0, 0.05) is 45.2 Å². The number of rotatable bonds is 5. The number of carbonyl (C=O) groups is 3. The van der Waals surface area contributed by atoms with Crippen LogP contribution in [0.4, 0.5) is 4.39 Å². The number of benzene rings is 1. The summed E-state index contributed by atoms with van der Waals surface area (Å²) in [6, 6.07) is 6.17. The van der Waals surface area contributed by atoms with Gasteiger partial charge in [-0.3, -0.25) is 14.4 Å². The molecule has 1 aromatic rings. The van der Waals surface area contributed by atoms with Gasteiger partial charge in [0.1, 0.15) is 5.82 Å². The fourth-order valence-corrected chi connectivity index (χ4v) is 4.38. The van der Waals surface area contributed by atoms with Gasteiger partial charge < -0.3 is 14.7 Å². The van der Waals surface area contributed by atoms with Crippen molar-refractivity contribution in [3.63, 3.8) is 0 Å². The number of nitrogens with zero attached hydrogens (tertiary/aromatic N) is 3. The lowest BCUT2D eigenvalue weighted by atomic mass is 10.1. The molecule has 2 heterocycles. The first-order valence-corrected chi connectivity index (χ1v) is 10.6. The third-order valence-corrected chi connectivity index (χ3v) is 6.09. The topological polar surface area (TPSA) is 60.9 Å². The predicted molar refractivity (Wildman–Crippen MR) is 108 cm³/mol. The summed E-state index contributed by atoms with van der Waals surface area (Å²) >= 11 is 0. The third-order valence-electron chi connectivity index (χ3n) is 6.09. The van der Waals surface area contributed by atoms with E-state index in [0.717, 1.165) is 12.8 Å². The zero-order valence-corrected chi connectivity index (χ0v) is 17.3. The molecule has 3 rings (SSSR count). The molecule has 1 atom stereocenters. The minimum atomic E-state index is -0.527. The molecule has 2 fully saturated rings. The first kappa shape index (κ1) is 21.3. The maximum Gasteiger partial charge on any atom is 0.256 e. The van der Waals surface area contributed by atoms with Crippen LogP contribution in [0.5, 0.6) is 0 Å². The molecular weight excluding hydrogens is 373 g/mol. The van der Waals surface area contributed by atoms with E-state index in [1.54, 1.807) is 21.9 Å². The van der Waals surface area contributed by atoms with Gasteiger partial charge in [0.05, 0.1) is 11.5 Å². The molecule has 0 spiro atoms. The molecule has 2 saturated heterocycles. The van der Waals surface area contributed by atoms with Crippen LogP contribution in [-0.2, 0) is 9.59 Å². The second-order valence-corrected chi connectivity index (χ2v) is 7.87. The zero-order chi connectivity index (χ0) is 21.0. The van der Waals surface area contributed by atoms with E-state index in [0.29, 0.717) is 39.1 Å². The smallest absolute Gasteiger partial charge is 0.256 e. The summed E-state index contributed by atoms with van der Waals surface area (Å²) in [5.74, 6) is -1.12. The second kappa shape index (κ2) is 9.37. The lowest BCUT2D eigenvalue weighted by molar-refractivity contribution is -0.135. The Morgan fingerprint density at radius 2 is 1.72 bits per heavy atom. The number of likely N-dealkylation sites (tertiary alicyclic amines) is 1. The summed E-state index contributed by atoms with van der Waals surface area (Å²) in [5, 5.41) is 0. The van der Waals surface area contributed by atoms with Gasteiger partial charge in [-0.1, -0.05) is 26.0 Å². The van der Waals surface area contributed by atoms with E-state index in [-0.39, 0.29) is 41.7 Å². The molecule has 0 N–H and O–H groups in total. The van der Waals surface area contributed by atoms with E-state index in [2.05, 4.69) is 13.8 Å². The largest absolute Gasteiger partial charge is 0.341 e. The standard InChI is InChI=1S/C22H30FN3O3/c1-3-17(4-2)26-15-16(14-20(26)27)21(28)24-10-7-11-25(13-12-24)22(29)18-8-5-6-9-19(18)23/h5-6,8-9,16-17H,3-4,7,10-15H2,1-2H3. The van der Waals surface area contributed by atoms with Crippen LogP contribution < -0.4 is 0 Å². The number of halogens is 1. The minimum Gasteiger partial charge on any atom is -0.341 e. The van der Waals surface area contributed by atoms with Gasteiger partial charge in [0.25, 0.3) is 5.91 Å². The van der Waals surface area contributed by atoms with Gasteiger partial charge in [-0.15, -0.1) is 0 Å². The van der Waals surface area contributed by atoms with Crippen molar-refractivity contribution in [3.05, 3.63) is 35.6 Å². The maximum atomic E-state index is 14.0. The molecule has 2 aliphatic rings. The summed E-state index contributed by atoms with van der Waals surface area (Å²) < 4.78 is 14.0. The Hall–Kier alpha value is -2.44. The molecule has 0 bridgehead atoms. The maximum absolute atomic E-state index is 14.0. The molecule has 6 nitrogen and oxygen atoms in total. The Kier molecular flexibility index (Phi) is 6.87. The highest BCUT2D eigenvalue weighted by Gasteiger charge is 2.39. The lowest BCUT2D eigenvalue weighted by Crippen LogP contribution is -2.41. The Morgan fingerprint density at radius 1 is 1.07 bits per heavy atom. The van der Waals surface area contributed by atoms with Crippen LogP contribution in [-0.4, -0.2) is 71.2 Å². The second-order valence-electron chi connectivity index (χ2n) is 7.87. The van der Waals surface area contributed by atoms with Gasteiger partial charge in [-0.05, 0) is 31.4 Å². The summed E-state index contributed by atoms with van der Waals surface area (Å²) in [7, 11) is 0. The Bertz CT molecular complexity index is 765. The minimum absolute atomic E-state index is 0.00741. The van der Waals surface area contributed by atoms with Gasteiger partial charge in [-0.25, -0.2) is 4.39 Å². The number of hydrogen-bond donors (Lipinski definition) is 0. The quantitative estimate of drug-likeness (QED) is 0.759. The third kappa shape index (κ3) is 4.60. The number of hydrogen-bond acceptors (Lipinski definition) is 3. The highest BCUT2D eigenvalue weighted by atomic mass is 19.1. The lowest BCUT2D eigenvalue weighted by Gasteiger charge is -2.27. The monoisotopic (exact) mass is 403 g/mol. The number of carbonyl (C=O) groups excluding carboxylic acids is 3. The summed E-state index contributed by atoms with van der Waals surface area (Å²) in [6.07, 6.45) is 2.69. The van der Waals surface area contributed by atoms with Crippen LogP contribution in [0.3, 0.4) is 0 Å². The van der Waals surface area contributed by atoms with Crippen LogP contribution in [0.2, 0.25) is 0 Å². The Balaban J connectivity index is 1.61. The Morgan fingerprint density at radius 3 is 2.41 bits per heavy atom. The van der Waals surface area contributed by atoms with Gasteiger partial charge in [-0.2, -0.15) is 0 Å². The van der Waals surface area contributed by atoms with E-state index in [1.165, 1.54) is 12.1 Å². The predicted octanol–water partition coefficient (Wildman–Crippen LogP) is 2.54. The molecule has 3 amide bonds. The van der Waals surface area contributed by atoms with E-state index in [1.807, 2.05) is 4.90 Å². The fourth-order valence-electron chi connectivity index (χ4n) is 4.38. The zero-order valence-electron chi connectivity index (χ0n) is 17.3. The molecule has 0 radical (unpaired) electrons. The normalized spacial score (nSPS) is 20.3. The molecular formula is C22H30FN3O3. The molecule has 29 heavy (non-hydrogen) atoms.